The van der Waals surface area contributed by atoms with E-state index in [2.05, 4.69) is 30.6 Å². The van der Waals surface area contributed by atoms with Gasteiger partial charge in [0.15, 0.2) is 5.82 Å². The smallest absolute Gasteiger partial charge is 0.263 e. The number of benzene rings is 2. The van der Waals surface area contributed by atoms with Gasteiger partial charge in [-0.3, -0.25) is 19.3 Å². The van der Waals surface area contributed by atoms with Crippen molar-refractivity contribution in [3.63, 3.8) is 0 Å². The minimum atomic E-state index is -0.315. The van der Waals surface area contributed by atoms with Crippen LogP contribution < -0.4 is 20.9 Å². The molecule has 6 aromatic rings. The minimum absolute atomic E-state index is 0.132. The van der Waals surface area contributed by atoms with E-state index in [4.69, 9.17) is 4.74 Å². The SMILES string of the molecule is CNc1nc(NC(C)c2cc3cccc(-c4cncc(OC)c4)c3c(=O)n2-c2ccccc2)c2ncccc2n1. The third-order valence-electron chi connectivity index (χ3n) is 6.82. The molecule has 4 heterocycles. The molecule has 0 aliphatic heterocycles. The van der Waals surface area contributed by atoms with Gasteiger partial charge in [-0.15, -0.1) is 0 Å². The zero-order chi connectivity index (χ0) is 27.6. The molecular weight excluding hydrogens is 502 g/mol. The molecule has 2 N–H and O–H groups in total. The molecule has 6 rings (SSSR count). The van der Waals surface area contributed by atoms with Crippen molar-refractivity contribution in [3.8, 4) is 22.6 Å². The van der Waals surface area contributed by atoms with Crippen molar-refractivity contribution >= 4 is 33.6 Å². The van der Waals surface area contributed by atoms with Crippen LogP contribution in [0.15, 0.2) is 96.2 Å². The number of fused-ring (bicyclic) bond motifs is 2. The highest BCUT2D eigenvalue weighted by atomic mass is 16.5. The number of nitrogens with zero attached hydrogens (tertiary/aromatic N) is 5. The molecule has 198 valence electrons. The molecule has 0 amide bonds. The number of aromatic nitrogens is 5. The normalized spacial score (nSPS) is 11.9. The topological polar surface area (TPSA) is 107 Å². The van der Waals surface area contributed by atoms with Gasteiger partial charge in [-0.2, -0.15) is 4.98 Å². The van der Waals surface area contributed by atoms with Crippen LogP contribution in [0, 0.1) is 0 Å². The van der Waals surface area contributed by atoms with Crippen LogP contribution in [-0.4, -0.2) is 38.7 Å². The third kappa shape index (κ3) is 4.47. The first-order chi connectivity index (χ1) is 19.6. The van der Waals surface area contributed by atoms with E-state index in [9.17, 15) is 4.79 Å². The lowest BCUT2D eigenvalue weighted by Crippen LogP contribution is -2.26. The van der Waals surface area contributed by atoms with Crippen molar-refractivity contribution in [1.82, 2.24) is 24.5 Å². The molecule has 4 aromatic heterocycles. The zero-order valence-electron chi connectivity index (χ0n) is 22.3. The highest BCUT2D eigenvalue weighted by molar-refractivity contribution is 5.96. The van der Waals surface area contributed by atoms with Crippen LogP contribution in [0.4, 0.5) is 11.8 Å². The number of methoxy groups -OCH3 is 1. The summed E-state index contributed by atoms with van der Waals surface area (Å²) in [6.07, 6.45) is 5.10. The number of ether oxygens (including phenoxy) is 1. The van der Waals surface area contributed by atoms with Gasteiger partial charge in [0, 0.05) is 36.4 Å². The number of hydrogen-bond acceptors (Lipinski definition) is 8. The van der Waals surface area contributed by atoms with E-state index in [0.717, 1.165) is 27.9 Å². The maximum Gasteiger partial charge on any atom is 0.263 e. The van der Waals surface area contributed by atoms with Gasteiger partial charge in [-0.25, -0.2) is 4.98 Å². The van der Waals surface area contributed by atoms with Gasteiger partial charge in [0.25, 0.3) is 5.56 Å². The van der Waals surface area contributed by atoms with Crippen molar-refractivity contribution in [2.45, 2.75) is 13.0 Å². The van der Waals surface area contributed by atoms with E-state index in [1.165, 1.54) is 0 Å². The van der Waals surface area contributed by atoms with Crippen LogP contribution in [0.5, 0.6) is 5.75 Å². The Kier molecular flexibility index (Phi) is 6.53. The average Bonchev–Trinajstić information content (AvgIpc) is 3.01. The van der Waals surface area contributed by atoms with Gasteiger partial charge in [0.2, 0.25) is 5.95 Å². The minimum Gasteiger partial charge on any atom is -0.495 e. The number of anilines is 2. The van der Waals surface area contributed by atoms with E-state index in [0.29, 0.717) is 33.9 Å². The van der Waals surface area contributed by atoms with E-state index in [1.807, 2.05) is 79.7 Å². The number of pyridine rings is 3. The molecule has 9 nitrogen and oxygen atoms in total. The predicted octanol–water partition coefficient (Wildman–Crippen LogP) is 5.61. The van der Waals surface area contributed by atoms with Crippen molar-refractivity contribution in [1.29, 1.82) is 0 Å². The van der Waals surface area contributed by atoms with E-state index >= 15 is 0 Å². The summed E-state index contributed by atoms with van der Waals surface area (Å²) in [7, 11) is 3.37. The number of nitrogens with one attached hydrogen (secondary N) is 2. The third-order valence-corrected chi connectivity index (χ3v) is 6.82. The zero-order valence-corrected chi connectivity index (χ0v) is 22.3. The van der Waals surface area contributed by atoms with Crippen LogP contribution in [0.1, 0.15) is 18.7 Å². The highest BCUT2D eigenvalue weighted by Gasteiger charge is 2.20. The van der Waals surface area contributed by atoms with Crippen molar-refractivity contribution < 1.29 is 4.74 Å². The van der Waals surface area contributed by atoms with Gasteiger partial charge in [0.1, 0.15) is 11.3 Å². The maximum absolute atomic E-state index is 14.4. The molecule has 0 fully saturated rings. The van der Waals surface area contributed by atoms with Gasteiger partial charge in [0.05, 0.1) is 30.3 Å². The first kappa shape index (κ1) is 25.0. The molecule has 0 saturated heterocycles. The molecule has 0 spiro atoms. The lowest BCUT2D eigenvalue weighted by atomic mass is 9.98. The Morgan fingerprint density at radius 1 is 0.950 bits per heavy atom. The fraction of sp³-hybridized carbons (Fsp3) is 0.129. The van der Waals surface area contributed by atoms with Crippen LogP contribution in [0.2, 0.25) is 0 Å². The molecule has 9 heteroatoms. The molecule has 40 heavy (non-hydrogen) atoms. The monoisotopic (exact) mass is 529 g/mol. The number of hydrogen-bond donors (Lipinski definition) is 2. The second-order valence-corrected chi connectivity index (χ2v) is 9.31. The second kappa shape index (κ2) is 10.5. The molecule has 1 unspecified atom stereocenters. The molecular formula is C31H27N7O2. The van der Waals surface area contributed by atoms with Crippen LogP contribution >= 0.6 is 0 Å². The molecule has 0 saturated carbocycles. The van der Waals surface area contributed by atoms with Gasteiger partial charge < -0.3 is 15.4 Å². The number of para-hydroxylation sites is 1. The average molecular weight is 530 g/mol. The summed E-state index contributed by atoms with van der Waals surface area (Å²) in [5.41, 5.74) is 4.36. The van der Waals surface area contributed by atoms with Gasteiger partial charge in [-0.05, 0) is 54.3 Å². The first-order valence-corrected chi connectivity index (χ1v) is 12.9. The Labute approximate surface area is 230 Å². The Bertz CT molecular complexity index is 1900. The quantitative estimate of drug-likeness (QED) is 0.275. The first-order valence-electron chi connectivity index (χ1n) is 12.9. The van der Waals surface area contributed by atoms with Crippen LogP contribution in [-0.2, 0) is 0 Å². The van der Waals surface area contributed by atoms with Crippen LogP contribution in [0.25, 0.3) is 38.6 Å². The largest absolute Gasteiger partial charge is 0.495 e. The van der Waals surface area contributed by atoms with Crippen molar-refractivity contribution in [3.05, 3.63) is 107 Å². The summed E-state index contributed by atoms with van der Waals surface area (Å²) in [5.74, 6) is 1.68. The van der Waals surface area contributed by atoms with E-state index in [-0.39, 0.29) is 11.6 Å². The van der Waals surface area contributed by atoms with E-state index < -0.39 is 0 Å². The Balaban J connectivity index is 1.56. The lowest BCUT2D eigenvalue weighted by Gasteiger charge is -2.22. The second-order valence-electron chi connectivity index (χ2n) is 9.31. The fourth-order valence-corrected chi connectivity index (χ4v) is 4.92. The molecule has 1 atom stereocenters. The van der Waals surface area contributed by atoms with Crippen molar-refractivity contribution in [2.75, 3.05) is 24.8 Å². The maximum atomic E-state index is 14.4. The molecule has 0 radical (unpaired) electrons. The summed E-state index contributed by atoms with van der Waals surface area (Å²) in [4.78, 5) is 32.4. The summed E-state index contributed by atoms with van der Waals surface area (Å²) in [5, 5.41) is 7.94. The number of rotatable bonds is 7. The van der Waals surface area contributed by atoms with Gasteiger partial charge in [-0.1, -0.05) is 36.4 Å². The lowest BCUT2D eigenvalue weighted by molar-refractivity contribution is 0.413. The van der Waals surface area contributed by atoms with E-state index in [1.54, 1.807) is 37.3 Å². The van der Waals surface area contributed by atoms with Crippen molar-refractivity contribution in [2.24, 2.45) is 0 Å². The Hall–Kier alpha value is -5.31. The molecule has 0 bridgehead atoms. The summed E-state index contributed by atoms with van der Waals surface area (Å²) in [6.45, 7) is 2.01. The highest BCUT2D eigenvalue weighted by Crippen LogP contribution is 2.32. The fourth-order valence-electron chi connectivity index (χ4n) is 4.92. The standard InChI is InChI=1S/C31H27N7O2/c1-19(35-29-28-25(13-8-14-34-28)36-31(32-2)37-29)26-16-20-9-7-12-24(21-15-23(40-3)18-33-17-21)27(20)30(39)38(26)22-10-5-4-6-11-22/h4-19H,1-3H3,(H2,32,35,36,37). The molecule has 0 aliphatic carbocycles. The Morgan fingerprint density at radius 2 is 1.80 bits per heavy atom. The predicted molar refractivity (Wildman–Crippen MR) is 158 cm³/mol. The van der Waals surface area contributed by atoms with Gasteiger partial charge >= 0.3 is 0 Å². The molecule has 0 aliphatic rings. The molecule has 2 aromatic carbocycles. The van der Waals surface area contributed by atoms with Crippen LogP contribution in [0.3, 0.4) is 0 Å². The Morgan fingerprint density at radius 3 is 2.60 bits per heavy atom. The summed E-state index contributed by atoms with van der Waals surface area (Å²) >= 11 is 0. The summed E-state index contributed by atoms with van der Waals surface area (Å²) < 4.78 is 7.15. The summed E-state index contributed by atoms with van der Waals surface area (Å²) in [6, 6.07) is 22.8.